The first-order chi connectivity index (χ1) is 14.1. The molecule has 0 saturated carbocycles. The van der Waals surface area contributed by atoms with Gasteiger partial charge in [0.05, 0.1) is 6.21 Å². The Bertz CT molecular complexity index is 1210. The Morgan fingerprint density at radius 3 is 2.55 bits per heavy atom. The summed E-state index contributed by atoms with van der Waals surface area (Å²) in [6.07, 6.45) is 3.47. The highest BCUT2D eigenvalue weighted by molar-refractivity contribution is 5.95. The van der Waals surface area contributed by atoms with Crippen molar-refractivity contribution in [3.63, 3.8) is 0 Å². The van der Waals surface area contributed by atoms with E-state index in [2.05, 4.69) is 10.5 Å². The molecule has 1 aromatic heterocycles. The van der Waals surface area contributed by atoms with E-state index in [4.69, 9.17) is 0 Å². The van der Waals surface area contributed by atoms with Gasteiger partial charge in [-0.05, 0) is 59.7 Å². The Labute approximate surface area is 166 Å². The molecule has 0 unspecified atom stereocenters. The lowest BCUT2D eigenvalue weighted by atomic mass is 10.1. The second kappa shape index (κ2) is 8.06. The molecular weight excluding hydrogens is 372 g/mol. The van der Waals surface area contributed by atoms with Crippen molar-refractivity contribution < 1.29 is 13.6 Å². The van der Waals surface area contributed by atoms with Gasteiger partial charge >= 0.3 is 0 Å². The topological polar surface area (TPSA) is 46.4 Å². The molecule has 0 bridgehead atoms. The first-order valence-corrected chi connectivity index (χ1v) is 9.01. The Morgan fingerprint density at radius 1 is 0.966 bits per heavy atom. The molecule has 4 rings (SSSR count). The molecule has 4 nitrogen and oxygen atoms in total. The van der Waals surface area contributed by atoms with Gasteiger partial charge < -0.3 is 4.57 Å². The fraction of sp³-hybridized carbons (Fsp3) is 0.0435. The molecule has 1 heterocycles. The van der Waals surface area contributed by atoms with Gasteiger partial charge in [0, 0.05) is 29.2 Å². The number of carbonyl (C=O) groups is 1. The Morgan fingerprint density at radius 2 is 1.76 bits per heavy atom. The van der Waals surface area contributed by atoms with Crippen LogP contribution in [0.25, 0.3) is 10.9 Å². The Kier molecular flexibility index (Phi) is 5.16. The van der Waals surface area contributed by atoms with Gasteiger partial charge in [-0.1, -0.05) is 24.3 Å². The van der Waals surface area contributed by atoms with Crippen LogP contribution in [-0.2, 0) is 6.54 Å². The molecule has 0 fully saturated rings. The Balaban J connectivity index is 1.47. The lowest BCUT2D eigenvalue weighted by Crippen LogP contribution is -2.17. The number of hydrazone groups is 1. The van der Waals surface area contributed by atoms with E-state index in [-0.39, 0.29) is 11.4 Å². The summed E-state index contributed by atoms with van der Waals surface area (Å²) >= 11 is 0. The maximum absolute atomic E-state index is 13.4. The van der Waals surface area contributed by atoms with Gasteiger partial charge in [-0.2, -0.15) is 5.10 Å². The SMILES string of the molecule is O=C(N/N=C/c1ccc2c(ccn2Cc2cccc(F)c2)c1)c1cccc(F)c1. The molecule has 0 aliphatic rings. The molecule has 1 N–H and O–H groups in total. The van der Waals surface area contributed by atoms with Gasteiger partial charge in [0.15, 0.2) is 0 Å². The summed E-state index contributed by atoms with van der Waals surface area (Å²) in [5, 5.41) is 4.94. The van der Waals surface area contributed by atoms with Crippen LogP contribution < -0.4 is 5.43 Å². The third-order valence-corrected chi connectivity index (χ3v) is 4.50. The number of hydrogen-bond donors (Lipinski definition) is 1. The highest BCUT2D eigenvalue weighted by atomic mass is 19.1. The number of amides is 1. The molecule has 3 aromatic carbocycles. The molecule has 0 radical (unpaired) electrons. The second-order valence-electron chi connectivity index (χ2n) is 6.60. The van der Waals surface area contributed by atoms with E-state index in [1.807, 2.05) is 41.1 Å². The van der Waals surface area contributed by atoms with Crippen LogP contribution in [0.4, 0.5) is 8.78 Å². The summed E-state index contributed by atoms with van der Waals surface area (Å²) in [7, 11) is 0. The van der Waals surface area contributed by atoms with E-state index in [1.54, 1.807) is 6.07 Å². The van der Waals surface area contributed by atoms with E-state index < -0.39 is 11.7 Å². The van der Waals surface area contributed by atoms with Gasteiger partial charge in [0.2, 0.25) is 0 Å². The number of hydrogen-bond acceptors (Lipinski definition) is 2. The van der Waals surface area contributed by atoms with Crippen molar-refractivity contribution in [2.45, 2.75) is 6.54 Å². The molecule has 1 amide bonds. The molecule has 0 spiro atoms. The summed E-state index contributed by atoms with van der Waals surface area (Å²) in [6.45, 7) is 0.568. The van der Waals surface area contributed by atoms with E-state index in [1.165, 1.54) is 36.5 Å². The predicted octanol–water partition coefficient (Wildman–Crippen LogP) is 4.73. The minimum Gasteiger partial charge on any atom is -0.343 e. The third kappa shape index (κ3) is 4.38. The lowest BCUT2D eigenvalue weighted by Gasteiger charge is -2.06. The number of benzene rings is 3. The maximum Gasteiger partial charge on any atom is 0.271 e. The lowest BCUT2D eigenvalue weighted by molar-refractivity contribution is 0.0954. The minimum absolute atomic E-state index is 0.201. The van der Waals surface area contributed by atoms with Crippen LogP contribution in [0.3, 0.4) is 0 Å². The summed E-state index contributed by atoms with van der Waals surface area (Å²) in [5.41, 5.74) is 5.29. The van der Waals surface area contributed by atoms with Gasteiger partial charge in [0.25, 0.3) is 5.91 Å². The van der Waals surface area contributed by atoms with E-state index in [0.29, 0.717) is 6.54 Å². The minimum atomic E-state index is -0.483. The molecule has 29 heavy (non-hydrogen) atoms. The molecule has 6 heteroatoms. The summed E-state index contributed by atoms with van der Waals surface area (Å²) in [4.78, 5) is 12.0. The fourth-order valence-electron chi connectivity index (χ4n) is 3.13. The summed E-state index contributed by atoms with van der Waals surface area (Å²) in [6, 6.07) is 19.7. The first kappa shape index (κ1) is 18.6. The van der Waals surface area contributed by atoms with E-state index in [0.717, 1.165) is 28.1 Å². The first-order valence-electron chi connectivity index (χ1n) is 9.01. The van der Waals surface area contributed by atoms with Crippen LogP contribution >= 0.6 is 0 Å². The number of aromatic nitrogens is 1. The molecule has 0 atom stereocenters. The monoisotopic (exact) mass is 389 g/mol. The molecular formula is C23H17F2N3O. The molecule has 144 valence electrons. The molecule has 0 saturated heterocycles. The van der Waals surface area contributed by atoms with Crippen LogP contribution in [0.15, 0.2) is 84.1 Å². The zero-order valence-electron chi connectivity index (χ0n) is 15.3. The fourth-order valence-corrected chi connectivity index (χ4v) is 3.13. The highest BCUT2D eigenvalue weighted by Gasteiger charge is 2.06. The largest absolute Gasteiger partial charge is 0.343 e. The van der Waals surface area contributed by atoms with Gasteiger partial charge in [-0.15, -0.1) is 0 Å². The quantitative estimate of drug-likeness (QED) is 0.389. The standard InChI is InChI=1S/C23H17F2N3O/c24-20-5-1-3-17(12-20)15-28-10-9-18-11-16(7-8-22(18)28)14-26-27-23(29)19-4-2-6-21(25)13-19/h1-14H,15H2,(H,27,29)/b26-14+. The van der Waals surface area contributed by atoms with Gasteiger partial charge in [-0.3, -0.25) is 4.79 Å². The molecule has 0 aliphatic carbocycles. The normalized spacial score (nSPS) is 11.2. The van der Waals surface area contributed by atoms with Crippen LogP contribution in [0.1, 0.15) is 21.5 Å². The summed E-state index contributed by atoms with van der Waals surface area (Å²) in [5.74, 6) is -1.21. The molecule has 0 aliphatic heterocycles. The van der Waals surface area contributed by atoms with Crippen molar-refractivity contribution in [3.8, 4) is 0 Å². The van der Waals surface area contributed by atoms with Crippen LogP contribution in [-0.4, -0.2) is 16.7 Å². The van der Waals surface area contributed by atoms with E-state index in [9.17, 15) is 13.6 Å². The van der Waals surface area contributed by atoms with Crippen LogP contribution in [0.5, 0.6) is 0 Å². The van der Waals surface area contributed by atoms with Crippen molar-refractivity contribution in [3.05, 3.63) is 107 Å². The highest BCUT2D eigenvalue weighted by Crippen LogP contribution is 2.19. The average Bonchev–Trinajstić information content (AvgIpc) is 3.10. The van der Waals surface area contributed by atoms with Crippen LogP contribution in [0, 0.1) is 11.6 Å². The van der Waals surface area contributed by atoms with Crippen molar-refractivity contribution in [2.24, 2.45) is 5.10 Å². The number of rotatable bonds is 5. The number of carbonyl (C=O) groups excluding carboxylic acids is 1. The number of halogens is 2. The predicted molar refractivity (Wildman–Crippen MR) is 109 cm³/mol. The van der Waals surface area contributed by atoms with Gasteiger partial charge in [-0.25, -0.2) is 14.2 Å². The number of nitrogens with zero attached hydrogens (tertiary/aromatic N) is 2. The van der Waals surface area contributed by atoms with E-state index >= 15 is 0 Å². The summed E-state index contributed by atoms with van der Waals surface area (Å²) < 4.78 is 28.6. The number of nitrogens with one attached hydrogen (secondary N) is 1. The third-order valence-electron chi connectivity index (χ3n) is 4.50. The number of fused-ring (bicyclic) bond motifs is 1. The maximum atomic E-state index is 13.4. The Hall–Kier alpha value is -3.80. The smallest absolute Gasteiger partial charge is 0.271 e. The van der Waals surface area contributed by atoms with Gasteiger partial charge in [0.1, 0.15) is 11.6 Å². The average molecular weight is 389 g/mol. The zero-order chi connectivity index (χ0) is 20.2. The molecule has 4 aromatic rings. The van der Waals surface area contributed by atoms with Crippen LogP contribution in [0.2, 0.25) is 0 Å². The van der Waals surface area contributed by atoms with Crippen molar-refractivity contribution in [1.29, 1.82) is 0 Å². The second-order valence-corrected chi connectivity index (χ2v) is 6.60. The van der Waals surface area contributed by atoms with Crippen molar-refractivity contribution >= 4 is 23.0 Å². The zero-order valence-corrected chi connectivity index (χ0v) is 15.3. The van der Waals surface area contributed by atoms with Crippen molar-refractivity contribution in [2.75, 3.05) is 0 Å². The van der Waals surface area contributed by atoms with Crippen molar-refractivity contribution in [1.82, 2.24) is 9.99 Å².